The minimum Gasteiger partial charge on any atom is -0.329 e. The van der Waals surface area contributed by atoms with Gasteiger partial charge in [-0.1, -0.05) is 22.0 Å². The van der Waals surface area contributed by atoms with Gasteiger partial charge in [0.05, 0.1) is 0 Å². The lowest BCUT2D eigenvalue weighted by molar-refractivity contribution is 0.546. The van der Waals surface area contributed by atoms with Crippen LogP contribution < -0.4 is 11.1 Å². The number of hydrogen-bond donors (Lipinski definition) is 2. The molecule has 0 saturated carbocycles. The van der Waals surface area contributed by atoms with E-state index < -0.39 is 0 Å². The van der Waals surface area contributed by atoms with Crippen LogP contribution >= 0.6 is 15.9 Å². The van der Waals surface area contributed by atoms with Crippen molar-refractivity contribution in [3.63, 3.8) is 0 Å². The molecular formula is C13H16BrFN2. The Morgan fingerprint density at radius 1 is 1.53 bits per heavy atom. The Kier molecular flexibility index (Phi) is 6.20. The van der Waals surface area contributed by atoms with Gasteiger partial charge in [0.15, 0.2) is 0 Å². The van der Waals surface area contributed by atoms with Crippen molar-refractivity contribution in [3.05, 3.63) is 34.1 Å². The van der Waals surface area contributed by atoms with Gasteiger partial charge < -0.3 is 11.1 Å². The van der Waals surface area contributed by atoms with Gasteiger partial charge in [-0.15, -0.1) is 11.8 Å². The molecule has 0 fully saturated rings. The highest BCUT2D eigenvalue weighted by atomic mass is 79.9. The van der Waals surface area contributed by atoms with E-state index in [1.807, 2.05) is 6.92 Å². The molecule has 92 valence electrons. The molecule has 1 rings (SSSR count). The second kappa shape index (κ2) is 7.44. The molecule has 0 radical (unpaired) electrons. The topological polar surface area (TPSA) is 38.0 Å². The van der Waals surface area contributed by atoms with E-state index in [1.54, 1.807) is 6.07 Å². The van der Waals surface area contributed by atoms with E-state index in [0.29, 0.717) is 6.54 Å². The van der Waals surface area contributed by atoms with Crippen molar-refractivity contribution < 1.29 is 4.39 Å². The molecule has 0 aliphatic carbocycles. The highest BCUT2D eigenvalue weighted by molar-refractivity contribution is 9.10. The lowest BCUT2D eigenvalue weighted by Gasteiger charge is -2.18. The first-order valence-corrected chi connectivity index (χ1v) is 6.26. The Morgan fingerprint density at radius 2 is 2.29 bits per heavy atom. The second-order valence-electron chi connectivity index (χ2n) is 3.59. The molecule has 0 bridgehead atoms. The average Bonchev–Trinajstić information content (AvgIpc) is 2.31. The van der Waals surface area contributed by atoms with Gasteiger partial charge in [-0.3, -0.25) is 0 Å². The van der Waals surface area contributed by atoms with Crippen molar-refractivity contribution in [1.29, 1.82) is 0 Å². The third kappa shape index (κ3) is 4.47. The molecule has 1 atom stereocenters. The number of rotatable bonds is 5. The van der Waals surface area contributed by atoms with E-state index in [0.717, 1.165) is 23.0 Å². The molecule has 4 heteroatoms. The summed E-state index contributed by atoms with van der Waals surface area (Å²) in [7, 11) is 0. The van der Waals surface area contributed by atoms with E-state index in [-0.39, 0.29) is 11.9 Å². The molecule has 0 aromatic heterocycles. The predicted molar refractivity (Wildman–Crippen MR) is 72.0 cm³/mol. The standard InChI is InChI=1S/C13H16BrFN2/c1-2-3-4-7-17-13(9-16)11-6-5-10(15)8-12(11)14/h5-6,8,13,17H,4,7,9,16H2,1H3. The Morgan fingerprint density at radius 3 is 2.88 bits per heavy atom. The van der Waals surface area contributed by atoms with E-state index in [2.05, 4.69) is 33.1 Å². The first-order valence-electron chi connectivity index (χ1n) is 5.47. The molecule has 0 heterocycles. The van der Waals surface area contributed by atoms with Crippen LogP contribution in [0.15, 0.2) is 22.7 Å². The Hall–Kier alpha value is -0.890. The fourth-order valence-electron chi connectivity index (χ4n) is 1.54. The molecule has 2 nitrogen and oxygen atoms in total. The first kappa shape index (κ1) is 14.2. The molecule has 0 aliphatic heterocycles. The van der Waals surface area contributed by atoms with Gasteiger partial charge in [-0.25, -0.2) is 4.39 Å². The lowest BCUT2D eigenvalue weighted by atomic mass is 10.1. The zero-order valence-electron chi connectivity index (χ0n) is 9.76. The summed E-state index contributed by atoms with van der Waals surface area (Å²) in [4.78, 5) is 0. The molecule has 3 N–H and O–H groups in total. The monoisotopic (exact) mass is 298 g/mol. The smallest absolute Gasteiger partial charge is 0.124 e. The highest BCUT2D eigenvalue weighted by Gasteiger charge is 2.12. The summed E-state index contributed by atoms with van der Waals surface area (Å²) in [5.41, 5.74) is 6.68. The van der Waals surface area contributed by atoms with Gasteiger partial charge in [-0.2, -0.15) is 0 Å². The quantitative estimate of drug-likeness (QED) is 0.648. The van der Waals surface area contributed by atoms with Crippen LogP contribution in [-0.2, 0) is 0 Å². The van der Waals surface area contributed by atoms with Crippen molar-refractivity contribution >= 4 is 15.9 Å². The number of halogens is 2. The maximum atomic E-state index is 13.0. The van der Waals surface area contributed by atoms with Crippen LogP contribution in [0.3, 0.4) is 0 Å². The Bertz CT molecular complexity index is 423. The normalized spacial score (nSPS) is 11.8. The number of hydrogen-bond acceptors (Lipinski definition) is 2. The average molecular weight is 299 g/mol. The Balaban J connectivity index is 2.68. The number of benzene rings is 1. The molecule has 17 heavy (non-hydrogen) atoms. The summed E-state index contributed by atoms with van der Waals surface area (Å²) in [6.45, 7) is 3.05. The van der Waals surface area contributed by atoms with Gasteiger partial charge >= 0.3 is 0 Å². The zero-order chi connectivity index (χ0) is 12.7. The van der Waals surface area contributed by atoms with E-state index in [4.69, 9.17) is 5.73 Å². The molecule has 0 amide bonds. The van der Waals surface area contributed by atoms with Crippen LogP contribution in [-0.4, -0.2) is 13.1 Å². The lowest BCUT2D eigenvalue weighted by Crippen LogP contribution is -2.29. The Labute approximate surface area is 110 Å². The van der Waals surface area contributed by atoms with Crippen LogP contribution in [0, 0.1) is 17.7 Å². The summed E-state index contributed by atoms with van der Waals surface area (Å²) >= 11 is 3.35. The zero-order valence-corrected chi connectivity index (χ0v) is 11.3. The van der Waals surface area contributed by atoms with Crippen molar-refractivity contribution in [2.45, 2.75) is 19.4 Å². The maximum Gasteiger partial charge on any atom is 0.124 e. The van der Waals surface area contributed by atoms with E-state index in [1.165, 1.54) is 12.1 Å². The molecule has 0 spiro atoms. The van der Waals surface area contributed by atoms with Crippen LogP contribution in [0.25, 0.3) is 0 Å². The van der Waals surface area contributed by atoms with Crippen molar-refractivity contribution in [2.75, 3.05) is 13.1 Å². The number of nitrogens with two attached hydrogens (primary N) is 1. The van der Waals surface area contributed by atoms with Gasteiger partial charge in [-0.05, 0) is 24.6 Å². The van der Waals surface area contributed by atoms with Gasteiger partial charge in [0.25, 0.3) is 0 Å². The molecule has 0 saturated heterocycles. The summed E-state index contributed by atoms with van der Waals surface area (Å²) in [5, 5.41) is 3.30. The largest absolute Gasteiger partial charge is 0.329 e. The molecule has 1 unspecified atom stereocenters. The summed E-state index contributed by atoms with van der Waals surface area (Å²) < 4.78 is 13.7. The summed E-state index contributed by atoms with van der Waals surface area (Å²) in [6.07, 6.45) is 0.784. The fraction of sp³-hybridized carbons (Fsp3) is 0.385. The third-order valence-electron chi connectivity index (χ3n) is 2.39. The van der Waals surface area contributed by atoms with Gasteiger partial charge in [0.1, 0.15) is 5.82 Å². The van der Waals surface area contributed by atoms with Gasteiger partial charge in [0, 0.05) is 30.0 Å². The predicted octanol–water partition coefficient (Wildman–Crippen LogP) is 2.59. The maximum absolute atomic E-state index is 13.0. The summed E-state index contributed by atoms with van der Waals surface area (Å²) in [6, 6.07) is 4.65. The fourth-order valence-corrected chi connectivity index (χ4v) is 2.17. The minimum absolute atomic E-state index is 0.0173. The SMILES string of the molecule is CC#CCCNC(CN)c1ccc(F)cc1Br. The van der Waals surface area contributed by atoms with Crippen LogP contribution in [0.1, 0.15) is 24.9 Å². The second-order valence-corrected chi connectivity index (χ2v) is 4.44. The number of nitrogens with one attached hydrogen (secondary N) is 1. The van der Waals surface area contributed by atoms with Crippen molar-refractivity contribution in [1.82, 2.24) is 5.32 Å². The van der Waals surface area contributed by atoms with Crippen LogP contribution in [0.5, 0.6) is 0 Å². The van der Waals surface area contributed by atoms with Gasteiger partial charge in [0.2, 0.25) is 0 Å². The molecular weight excluding hydrogens is 283 g/mol. The van der Waals surface area contributed by atoms with E-state index >= 15 is 0 Å². The molecule has 1 aromatic carbocycles. The highest BCUT2D eigenvalue weighted by Crippen LogP contribution is 2.23. The van der Waals surface area contributed by atoms with Crippen LogP contribution in [0.2, 0.25) is 0 Å². The van der Waals surface area contributed by atoms with Crippen molar-refractivity contribution in [3.8, 4) is 11.8 Å². The van der Waals surface area contributed by atoms with E-state index in [9.17, 15) is 4.39 Å². The molecule has 1 aromatic rings. The summed E-state index contributed by atoms with van der Waals surface area (Å²) in [5.74, 6) is 5.56. The minimum atomic E-state index is -0.256. The molecule has 0 aliphatic rings. The van der Waals surface area contributed by atoms with Crippen LogP contribution in [0.4, 0.5) is 4.39 Å². The first-order chi connectivity index (χ1) is 8.19. The van der Waals surface area contributed by atoms with Crippen molar-refractivity contribution in [2.24, 2.45) is 5.73 Å². The third-order valence-corrected chi connectivity index (χ3v) is 3.08.